The van der Waals surface area contributed by atoms with Crippen molar-refractivity contribution in [1.29, 1.82) is 0 Å². The molecule has 7 nitrogen and oxygen atoms in total. The first kappa shape index (κ1) is 19.7. The number of halogens is 1. The highest BCUT2D eigenvalue weighted by Crippen LogP contribution is 2.35. The molecule has 0 unspecified atom stereocenters. The molecular formula is C19H23IN6OS. The molecule has 0 atom stereocenters. The summed E-state index contributed by atoms with van der Waals surface area (Å²) in [6.45, 7) is 1.66. The maximum atomic E-state index is 6.06. The van der Waals surface area contributed by atoms with Gasteiger partial charge in [-0.25, -0.2) is 15.0 Å². The summed E-state index contributed by atoms with van der Waals surface area (Å²) in [5, 5.41) is 4.53. The molecule has 1 fully saturated rings. The van der Waals surface area contributed by atoms with Crippen LogP contribution in [0.3, 0.4) is 0 Å². The van der Waals surface area contributed by atoms with Gasteiger partial charge in [-0.3, -0.25) is 0 Å². The first-order chi connectivity index (χ1) is 13.7. The van der Waals surface area contributed by atoms with Gasteiger partial charge in [-0.1, -0.05) is 24.6 Å². The number of imidazole rings is 1. The summed E-state index contributed by atoms with van der Waals surface area (Å²) in [5.74, 6) is 1.24. The van der Waals surface area contributed by atoms with Crippen molar-refractivity contribution in [3.8, 4) is 5.75 Å². The van der Waals surface area contributed by atoms with E-state index in [2.05, 4.69) is 42.4 Å². The first-order valence-corrected chi connectivity index (χ1v) is 11.3. The van der Waals surface area contributed by atoms with Crippen LogP contribution in [0.1, 0.15) is 25.7 Å². The van der Waals surface area contributed by atoms with E-state index < -0.39 is 0 Å². The van der Waals surface area contributed by atoms with Gasteiger partial charge in [-0.05, 0) is 53.6 Å². The Kier molecular flexibility index (Phi) is 6.22. The molecule has 4 rings (SSSR count). The molecule has 28 heavy (non-hydrogen) atoms. The van der Waals surface area contributed by atoms with Crippen molar-refractivity contribution in [2.24, 2.45) is 0 Å². The summed E-state index contributed by atoms with van der Waals surface area (Å²) < 4.78 is 8.66. The second-order valence-corrected chi connectivity index (χ2v) is 8.98. The van der Waals surface area contributed by atoms with Crippen molar-refractivity contribution in [3.05, 3.63) is 28.1 Å². The van der Waals surface area contributed by atoms with Gasteiger partial charge in [-0.15, -0.1) is 0 Å². The van der Waals surface area contributed by atoms with Gasteiger partial charge in [0.1, 0.15) is 12.1 Å². The monoisotopic (exact) mass is 510 g/mol. The second-order valence-electron chi connectivity index (χ2n) is 6.81. The number of fused-ring (bicyclic) bond motifs is 1. The average molecular weight is 510 g/mol. The van der Waals surface area contributed by atoms with Crippen LogP contribution in [0.2, 0.25) is 0 Å². The van der Waals surface area contributed by atoms with Crippen molar-refractivity contribution in [2.45, 2.75) is 48.3 Å². The van der Waals surface area contributed by atoms with Gasteiger partial charge in [0.2, 0.25) is 0 Å². The molecule has 1 aromatic carbocycles. The summed E-state index contributed by atoms with van der Waals surface area (Å²) in [6.07, 6.45) is 6.69. The fourth-order valence-corrected chi connectivity index (χ4v) is 5.14. The van der Waals surface area contributed by atoms with Gasteiger partial charge in [0.25, 0.3) is 0 Å². The Bertz CT molecular complexity index is 972. The van der Waals surface area contributed by atoms with Gasteiger partial charge in [0, 0.05) is 27.6 Å². The number of benzene rings is 1. The van der Waals surface area contributed by atoms with Crippen LogP contribution in [0.25, 0.3) is 11.2 Å². The minimum atomic E-state index is 0.412. The van der Waals surface area contributed by atoms with Crippen LogP contribution >= 0.6 is 34.4 Å². The third-order valence-electron chi connectivity index (χ3n) is 4.99. The zero-order valence-electron chi connectivity index (χ0n) is 15.7. The molecule has 2 heterocycles. The Morgan fingerprint density at radius 1 is 1.32 bits per heavy atom. The normalized spacial score (nSPS) is 14.8. The number of aromatic nitrogens is 4. The lowest BCUT2D eigenvalue weighted by atomic mass is 10.2. The lowest BCUT2D eigenvalue weighted by molar-refractivity contribution is 0.413. The number of rotatable bonds is 7. The van der Waals surface area contributed by atoms with Crippen LogP contribution in [-0.4, -0.2) is 39.2 Å². The molecule has 2 aromatic heterocycles. The van der Waals surface area contributed by atoms with Gasteiger partial charge in [-0.2, -0.15) is 0 Å². The van der Waals surface area contributed by atoms with Gasteiger partial charge in [0.05, 0.1) is 7.11 Å². The number of nitrogens with one attached hydrogen (secondary N) is 1. The highest BCUT2D eigenvalue weighted by molar-refractivity contribution is 14.1. The Balaban J connectivity index is 1.63. The number of nitrogens with zero attached hydrogens (tertiary/aromatic N) is 4. The summed E-state index contributed by atoms with van der Waals surface area (Å²) in [6, 6.07) is 6.67. The smallest absolute Gasteiger partial charge is 0.175 e. The standard InChI is InChI=1S/C19H23IN6OS/c1-27-13-6-7-14(20)15(10-13)28-19-25-16-17(21)23-11-24-18(16)26(19)9-8-22-12-4-2-3-5-12/h6-7,10-12,22H,2-5,8-9H2,1H3,(H2,21,23,24). The zero-order chi connectivity index (χ0) is 19.5. The number of nitrogens with two attached hydrogens (primary N) is 1. The average Bonchev–Trinajstić information content (AvgIpc) is 3.33. The van der Waals surface area contributed by atoms with Crippen molar-refractivity contribution in [1.82, 2.24) is 24.8 Å². The van der Waals surface area contributed by atoms with Crippen LogP contribution < -0.4 is 15.8 Å². The van der Waals surface area contributed by atoms with E-state index in [1.807, 2.05) is 18.2 Å². The molecular weight excluding hydrogens is 487 g/mol. The molecule has 9 heteroatoms. The van der Waals surface area contributed by atoms with Crippen molar-refractivity contribution >= 4 is 51.3 Å². The number of ether oxygens (including phenoxy) is 1. The molecule has 1 aliphatic carbocycles. The number of hydrogen-bond acceptors (Lipinski definition) is 7. The number of anilines is 1. The lowest BCUT2D eigenvalue weighted by Crippen LogP contribution is -2.29. The van der Waals surface area contributed by atoms with Crippen molar-refractivity contribution in [2.75, 3.05) is 19.4 Å². The molecule has 0 radical (unpaired) electrons. The van der Waals surface area contributed by atoms with E-state index in [1.165, 1.54) is 32.0 Å². The largest absolute Gasteiger partial charge is 0.497 e. The summed E-state index contributed by atoms with van der Waals surface area (Å²) in [4.78, 5) is 14.4. The maximum Gasteiger partial charge on any atom is 0.175 e. The highest BCUT2D eigenvalue weighted by atomic mass is 127. The minimum Gasteiger partial charge on any atom is -0.497 e. The molecule has 0 spiro atoms. The summed E-state index contributed by atoms with van der Waals surface area (Å²) in [7, 11) is 1.68. The maximum absolute atomic E-state index is 6.06. The number of hydrogen-bond donors (Lipinski definition) is 2. The predicted molar refractivity (Wildman–Crippen MR) is 120 cm³/mol. The fraction of sp³-hybridized carbons (Fsp3) is 0.421. The van der Waals surface area contributed by atoms with E-state index in [0.29, 0.717) is 17.4 Å². The SMILES string of the molecule is COc1ccc(I)c(Sc2nc3c(N)ncnc3n2CCNC2CCCC2)c1. The summed E-state index contributed by atoms with van der Waals surface area (Å²) in [5.41, 5.74) is 7.50. The molecule has 0 saturated heterocycles. The van der Waals surface area contributed by atoms with E-state index in [-0.39, 0.29) is 0 Å². The fourth-order valence-electron chi connectivity index (χ4n) is 3.51. The Labute approximate surface area is 182 Å². The molecule has 1 saturated carbocycles. The third-order valence-corrected chi connectivity index (χ3v) is 7.35. The van der Waals surface area contributed by atoms with Crippen LogP contribution in [0.5, 0.6) is 5.75 Å². The van der Waals surface area contributed by atoms with Crippen LogP contribution in [-0.2, 0) is 6.54 Å². The highest BCUT2D eigenvalue weighted by Gasteiger charge is 2.18. The van der Waals surface area contributed by atoms with Gasteiger partial charge < -0.3 is 20.4 Å². The Hall–Kier alpha value is -1.59. The number of methoxy groups -OCH3 is 1. The summed E-state index contributed by atoms with van der Waals surface area (Å²) >= 11 is 3.93. The molecule has 3 N–H and O–H groups in total. The van der Waals surface area contributed by atoms with Gasteiger partial charge in [0.15, 0.2) is 22.1 Å². The number of nitrogen functional groups attached to an aromatic ring is 1. The van der Waals surface area contributed by atoms with Crippen molar-refractivity contribution in [3.63, 3.8) is 0 Å². The van der Waals surface area contributed by atoms with E-state index in [9.17, 15) is 0 Å². The molecule has 148 valence electrons. The Morgan fingerprint density at radius 3 is 2.93 bits per heavy atom. The van der Waals surface area contributed by atoms with E-state index in [1.54, 1.807) is 18.9 Å². The zero-order valence-corrected chi connectivity index (χ0v) is 18.7. The quantitative estimate of drug-likeness (QED) is 0.469. The predicted octanol–water partition coefficient (Wildman–Crippen LogP) is 3.71. The van der Waals surface area contributed by atoms with E-state index in [4.69, 9.17) is 15.5 Å². The molecule has 1 aliphatic rings. The van der Waals surface area contributed by atoms with E-state index >= 15 is 0 Å². The second kappa shape index (κ2) is 8.83. The van der Waals surface area contributed by atoms with Crippen LogP contribution in [0.15, 0.2) is 34.6 Å². The topological polar surface area (TPSA) is 90.9 Å². The molecule has 0 amide bonds. The van der Waals surface area contributed by atoms with Crippen LogP contribution in [0.4, 0.5) is 5.82 Å². The molecule has 0 aliphatic heterocycles. The minimum absolute atomic E-state index is 0.412. The molecule has 3 aromatic rings. The Morgan fingerprint density at radius 2 is 2.14 bits per heavy atom. The lowest BCUT2D eigenvalue weighted by Gasteiger charge is -2.14. The molecule has 0 bridgehead atoms. The van der Waals surface area contributed by atoms with Crippen molar-refractivity contribution < 1.29 is 4.74 Å². The van der Waals surface area contributed by atoms with E-state index in [0.717, 1.165) is 38.1 Å². The first-order valence-electron chi connectivity index (χ1n) is 9.37. The van der Waals surface area contributed by atoms with Gasteiger partial charge >= 0.3 is 0 Å². The van der Waals surface area contributed by atoms with Crippen LogP contribution in [0, 0.1) is 3.57 Å². The third kappa shape index (κ3) is 4.20.